The van der Waals surface area contributed by atoms with E-state index in [4.69, 9.17) is 4.74 Å². The van der Waals surface area contributed by atoms with Crippen molar-refractivity contribution in [1.29, 1.82) is 0 Å². The van der Waals surface area contributed by atoms with Crippen molar-refractivity contribution in [1.82, 2.24) is 0 Å². The SMILES string of the molecule is COc1ccsc1C(Br)c1ccc2c(c1)CC(=O)N2C. The molecule has 0 N–H and O–H groups in total. The van der Waals surface area contributed by atoms with Crippen molar-refractivity contribution >= 4 is 38.9 Å². The number of benzene rings is 1. The van der Waals surface area contributed by atoms with Crippen LogP contribution in [0.3, 0.4) is 0 Å². The number of carbonyl (C=O) groups is 1. The Labute approximate surface area is 130 Å². The molecule has 1 unspecified atom stereocenters. The van der Waals surface area contributed by atoms with E-state index in [1.165, 1.54) is 0 Å². The Bertz CT molecular complexity index is 668. The van der Waals surface area contributed by atoms with Crippen molar-refractivity contribution in [2.75, 3.05) is 19.1 Å². The molecule has 0 bridgehead atoms. The predicted molar refractivity (Wildman–Crippen MR) is 85.2 cm³/mol. The van der Waals surface area contributed by atoms with Crippen LogP contribution >= 0.6 is 27.3 Å². The smallest absolute Gasteiger partial charge is 0.231 e. The maximum atomic E-state index is 11.7. The molecule has 2 heterocycles. The van der Waals surface area contributed by atoms with E-state index in [0.717, 1.165) is 27.4 Å². The molecule has 3 rings (SSSR count). The summed E-state index contributed by atoms with van der Waals surface area (Å²) in [7, 11) is 3.50. The van der Waals surface area contributed by atoms with Gasteiger partial charge in [0, 0.05) is 12.7 Å². The first-order valence-corrected chi connectivity index (χ1v) is 8.06. The van der Waals surface area contributed by atoms with Gasteiger partial charge in [-0.25, -0.2) is 0 Å². The third kappa shape index (κ3) is 2.15. The van der Waals surface area contributed by atoms with Crippen LogP contribution in [-0.2, 0) is 11.2 Å². The van der Waals surface area contributed by atoms with Crippen molar-refractivity contribution in [3.8, 4) is 5.75 Å². The Hall–Kier alpha value is -1.33. The number of rotatable bonds is 3. The number of nitrogens with zero attached hydrogens (tertiary/aromatic N) is 1. The highest BCUT2D eigenvalue weighted by Gasteiger charge is 2.25. The van der Waals surface area contributed by atoms with E-state index >= 15 is 0 Å². The molecule has 1 aromatic carbocycles. The summed E-state index contributed by atoms with van der Waals surface area (Å²) in [6.07, 6.45) is 0.487. The fourth-order valence-electron chi connectivity index (χ4n) is 2.46. The third-order valence-corrected chi connectivity index (χ3v) is 5.83. The first kappa shape index (κ1) is 13.6. The number of methoxy groups -OCH3 is 1. The summed E-state index contributed by atoms with van der Waals surface area (Å²) in [5.41, 5.74) is 3.25. The van der Waals surface area contributed by atoms with Crippen LogP contribution < -0.4 is 9.64 Å². The number of fused-ring (bicyclic) bond motifs is 1. The van der Waals surface area contributed by atoms with Crippen LogP contribution in [0.4, 0.5) is 5.69 Å². The number of alkyl halides is 1. The zero-order valence-electron chi connectivity index (χ0n) is 11.2. The van der Waals surface area contributed by atoms with Crippen molar-refractivity contribution < 1.29 is 9.53 Å². The molecule has 1 aliphatic rings. The molecule has 5 heteroatoms. The van der Waals surface area contributed by atoms with E-state index < -0.39 is 0 Å². The van der Waals surface area contributed by atoms with Gasteiger partial charge in [-0.05, 0) is 28.6 Å². The number of carbonyl (C=O) groups excluding carboxylic acids is 1. The van der Waals surface area contributed by atoms with Crippen LogP contribution in [-0.4, -0.2) is 20.1 Å². The van der Waals surface area contributed by atoms with Crippen molar-refractivity contribution in [2.45, 2.75) is 11.2 Å². The van der Waals surface area contributed by atoms with Gasteiger partial charge in [-0.1, -0.05) is 28.1 Å². The normalized spacial score (nSPS) is 15.3. The molecule has 0 fully saturated rings. The van der Waals surface area contributed by atoms with Gasteiger partial charge in [-0.15, -0.1) is 11.3 Å². The molecule has 2 aromatic rings. The summed E-state index contributed by atoms with van der Waals surface area (Å²) >= 11 is 5.40. The Kier molecular flexibility index (Phi) is 3.56. The first-order valence-electron chi connectivity index (χ1n) is 6.26. The molecule has 3 nitrogen and oxygen atoms in total. The van der Waals surface area contributed by atoms with Gasteiger partial charge in [0.15, 0.2) is 0 Å². The van der Waals surface area contributed by atoms with Gasteiger partial charge in [0.05, 0.1) is 23.2 Å². The largest absolute Gasteiger partial charge is 0.496 e. The molecule has 20 heavy (non-hydrogen) atoms. The second-order valence-corrected chi connectivity index (χ2v) is 6.60. The summed E-state index contributed by atoms with van der Waals surface area (Å²) in [5.74, 6) is 1.04. The second kappa shape index (κ2) is 5.22. The maximum absolute atomic E-state index is 11.7. The van der Waals surface area contributed by atoms with Crippen molar-refractivity contribution in [2.24, 2.45) is 0 Å². The van der Waals surface area contributed by atoms with Gasteiger partial charge >= 0.3 is 0 Å². The van der Waals surface area contributed by atoms with Crippen LogP contribution in [0.25, 0.3) is 0 Å². The average Bonchev–Trinajstić information content (AvgIpc) is 3.03. The molecule has 1 aromatic heterocycles. The number of anilines is 1. The van der Waals surface area contributed by atoms with Crippen molar-refractivity contribution in [3.05, 3.63) is 45.6 Å². The number of thiophene rings is 1. The molecule has 1 amide bonds. The molecule has 104 valence electrons. The van der Waals surface area contributed by atoms with E-state index in [1.807, 2.05) is 24.6 Å². The second-order valence-electron chi connectivity index (χ2n) is 4.73. The minimum atomic E-state index is 0.0868. The van der Waals surface area contributed by atoms with Gasteiger partial charge in [-0.2, -0.15) is 0 Å². The number of likely N-dealkylation sites (N-methyl/N-ethyl adjacent to an activating group) is 1. The van der Waals surface area contributed by atoms with Crippen molar-refractivity contribution in [3.63, 3.8) is 0 Å². The van der Waals surface area contributed by atoms with Gasteiger partial charge in [0.25, 0.3) is 0 Å². The van der Waals surface area contributed by atoms with Crippen LogP contribution in [0.5, 0.6) is 5.75 Å². The lowest BCUT2D eigenvalue weighted by molar-refractivity contribution is -0.117. The predicted octanol–water partition coefficient (Wildman–Crippen LogP) is 3.76. The zero-order chi connectivity index (χ0) is 14.3. The third-order valence-electron chi connectivity index (χ3n) is 3.58. The van der Waals surface area contributed by atoms with Gasteiger partial charge in [-0.3, -0.25) is 4.79 Å². The summed E-state index contributed by atoms with van der Waals surface area (Å²) in [5, 5.41) is 2.02. The summed E-state index contributed by atoms with van der Waals surface area (Å²) in [6, 6.07) is 8.16. The standard InChI is InChI=1S/C15H14BrNO2S/c1-17-11-4-3-9(7-10(11)8-13(17)18)14(16)15-12(19-2)5-6-20-15/h3-7,14H,8H2,1-2H3. The Morgan fingerprint density at radius 2 is 2.20 bits per heavy atom. The lowest BCUT2D eigenvalue weighted by Crippen LogP contribution is -2.20. The monoisotopic (exact) mass is 351 g/mol. The number of hydrogen-bond donors (Lipinski definition) is 0. The minimum Gasteiger partial charge on any atom is -0.496 e. The molecule has 0 saturated heterocycles. The van der Waals surface area contributed by atoms with E-state index in [9.17, 15) is 4.79 Å². The lowest BCUT2D eigenvalue weighted by Gasteiger charge is -2.14. The van der Waals surface area contributed by atoms with E-state index in [0.29, 0.717) is 6.42 Å². The van der Waals surface area contributed by atoms with Crippen LogP contribution in [0.1, 0.15) is 20.8 Å². The number of ether oxygens (including phenoxy) is 1. The number of hydrogen-bond acceptors (Lipinski definition) is 3. The van der Waals surface area contributed by atoms with Gasteiger partial charge in [0.2, 0.25) is 5.91 Å². The number of halogens is 1. The highest BCUT2D eigenvalue weighted by atomic mass is 79.9. The highest BCUT2D eigenvalue weighted by Crippen LogP contribution is 2.42. The molecule has 0 radical (unpaired) electrons. The Balaban J connectivity index is 1.96. The van der Waals surface area contributed by atoms with E-state index in [-0.39, 0.29) is 10.7 Å². The Morgan fingerprint density at radius 1 is 1.40 bits per heavy atom. The molecule has 1 atom stereocenters. The van der Waals surface area contributed by atoms with E-state index in [1.54, 1.807) is 23.3 Å². The molecule has 0 saturated carbocycles. The summed E-state index contributed by atoms with van der Waals surface area (Å²) in [4.78, 5) is 14.7. The molecule has 0 aliphatic carbocycles. The summed E-state index contributed by atoms with van der Waals surface area (Å²) < 4.78 is 5.37. The maximum Gasteiger partial charge on any atom is 0.231 e. The zero-order valence-corrected chi connectivity index (χ0v) is 13.6. The average molecular weight is 352 g/mol. The molecular formula is C15H14BrNO2S. The minimum absolute atomic E-state index is 0.0868. The first-order chi connectivity index (χ1) is 9.61. The number of amides is 1. The highest BCUT2D eigenvalue weighted by molar-refractivity contribution is 9.09. The summed E-state index contributed by atoms with van der Waals surface area (Å²) in [6.45, 7) is 0. The topological polar surface area (TPSA) is 29.5 Å². The van der Waals surface area contributed by atoms with Crippen LogP contribution in [0.15, 0.2) is 29.6 Å². The Morgan fingerprint density at radius 3 is 2.95 bits per heavy atom. The molecular weight excluding hydrogens is 338 g/mol. The molecule has 0 spiro atoms. The van der Waals surface area contributed by atoms with Crippen LogP contribution in [0.2, 0.25) is 0 Å². The van der Waals surface area contributed by atoms with Gasteiger partial charge < -0.3 is 9.64 Å². The van der Waals surface area contributed by atoms with Crippen LogP contribution in [0, 0.1) is 0 Å². The van der Waals surface area contributed by atoms with Gasteiger partial charge in [0.1, 0.15) is 5.75 Å². The lowest BCUT2D eigenvalue weighted by atomic mass is 10.0. The van der Waals surface area contributed by atoms with E-state index in [2.05, 4.69) is 28.1 Å². The molecule has 1 aliphatic heterocycles. The fourth-order valence-corrected chi connectivity index (χ4v) is 4.16. The fraction of sp³-hybridized carbons (Fsp3) is 0.267. The quantitative estimate of drug-likeness (QED) is 0.788.